The lowest BCUT2D eigenvalue weighted by Gasteiger charge is -2.39. The molecule has 4 aromatic rings. The molecule has 6 atom stereocenters. The van der Waals surface area contributed by atoms with Gasteiger partial charge in [-0.3, -0.25) is 34.3 Å². The van der Waals surface area contributed by atoms with Crippen molar-refractivity contribution in [2.24, 2.45) is 0 Å². The minimum atomic E-state index is -0.732. The Morgan fingerprint density at radius 1 is 0.701 bits per heavy atom. The van der Waals surface area contributed by atoms with Crippen LogP contribution in [0.4, 0.5) is 15.8 Å². The van der Waals surface area contributed by atoms with Crippen LogP contribution in [0.25, 0.3) is 0 Å². The smallest absolute Gasteiger partial charge is 0.341 e. The van der Waals surface area contributed by atoms with Crippen molar-refractivity contribution in [2.75, 3.05) is 25.6 Å². The molecule has 0 aliphatic carbocycles. The van der Waals surface area contributed by atoms with Gasteiger partial charge in [0, 0.05) is 72.4 Å². The van der Waals surface area contributed by atoms with Gasteiger partial charge in [-0.1, -0.05) is 59.1 Å². The summed E-state index contributed by atoms with van der Waals surface area (Å²) in [7, 11) is 1.24. The first kappa shape index (κ1) is 49.4. The number of methoxy groups -OCH3 is 1. The van der Waals surface area contributed by atoms with Crippen LogP contribution in [0.1, 0.15) is 79.8 Å². The van der Waals surface area contributed by atoms with Crippen LogP contribution in [-0.4, -0.2) is 95.0 Å². The van der Waals surface area contributed by atoms with Crippen molar-refractivity contribution in [1.82, 2.24) is 20.4 Å². The van der Waals surface area contributed by atoms with Gasteiger partial charge >= 0.3 is 11.7 Å². The Kier molecular flexibility index (Phi) is 16.6. The first-order valence-corrected chi connectivity index (χ1v) is 23.2. The molecule has 0 radical (unpaired) electrons. The number of piperidine rings is 2. The van der Waals surface area contributed by atoms with Gasteiger partial charge in [0.15, 0.2) is 19.0 Å². The van der Waals surface area contributed by atoms with E-state index in [0.717, 1.165) is 92.7 Å². The lowest BCUT2D eigenvalue weighted by atomic mass is 9.96. The number of halogens is 4. The largest absolute Gasteiger partial charge is 0.483 e. The minimum Gasteiger partial charge on any atom is -0.483 e. The molecule has 4 bridgehead atoms. The highest BCUT2D eigenvalue weighted by Gasteiger charge is 2.42. The van der Waals surface area contributed by atoms with Crippen molar-refractivity contribution in [3.63, 3.8) is 0 Å². The third kappa shape index (κ3) is 13.1. The van der Waals surface area contributed by atoms with Gasteiger partial charge in [-0.15, -0.1) is 0 Å². The predicted octanol–water partition coefficient (Wildman–Crippen LogP) is 8.51. The summed E-state index contributed by atoms with van der Waals surface area (Å²) in [5.41, 5.74) is 2.30. The molecule has 0 spiro atoms. The van der Waals surface area contributed by atoms with Crippen molar-refractivity contribution in [1.29, 1.82) is 0 Å². The zero-order chi connectivity index (χ0) is 47.8. The summed E-state index contributed by atoms with van der Waals surface area (Å²) in [4.78, 5) is 64.1. The number of anilines is 1. The van der Waals surface area contributed by atoms with Gasteiger partial charge in [0.05, 0.1) is 28.8 Å². The Labute approximate surface area is 402 Å². The zero-order valence-electron chi connectivity index (χ0n) is 37.0. The van der Waals surface area contributed by atoms with E-state index in [1.165, 1.54) is 37.3 Å². The molecule has 4 aromatic carbocycles. The summed E-state index contributed by atoms with van der Waals surface area (Å²) in [5, 5.41) is 21.3. The predicted molar refractivity (Wildman–Crippen MR) is 251 cm³/mol. The average Bonchev–Trinajstić information content (AvgIpc) is 3.66. The number of ether oxygens (including phenoxy) is 3. The summed E-state index contributed by atoms with van der Waals surface area (Å²) in [5.74, 6) is -2.37. The van der Waals surface area contributed by atoms with Crippen LogP contribution in [0, 0.1) is 15.9 Å². The molecule has 0 unspecified atom stereocenters. The van der Waals surface area contributed by atoms with Gasteiger partial charge in [0.1, 0.15) is 17.1 Å². The lowest BCUT2D eigenvalue weighted by Crippen LogP contribution is -2.50. The fourth-order valence-corrected chi connectivity index (χ4v) is 10.2. The number of nitrogens with one attached hydrogen (secondary N) is 3. The number of carbonyl (C=O) groups is 4. The van der Waals surface area contributed by atoms with E-state index >= 15 is 0 Å². The van der Waals surface area contributed by atoms with E-state index in [2.05, 4.69) is 37.9 Å². The maximum Gasteiger partial charge on any atom is 0.341 e. The second kappa shape index (κ2) is 22.5. The highest BCUT2D eigenvalue weighted by Crippen LogP contribution is 2.39. The topological polar surface area (TPSA) is 182 Å². The molecule has 8 rings (SSSR count). The van der Waals surface area contributed by atoms with E-state index in [0.29, 0.717) is 24.2 Å². The van der Waals surface area contributed by atoms with E-state index in [1.807, 2.05) is 36.4 Å². The van der Waals surface area contributed by atoms with Gasteiger partial charge in [-0.25, -0.2) is 9.18 Å². The number of nitro benzene ring substituents is 1. The quantitative estimate of drug-likeness (QED) is 0.0590. The van der Waals surface area contributed by atoms with Crippen LogP contribution in [0.3, 0.4) is 0 Å². The molecule has 4 saturated heterocycles. The monoisotopic (exact) mass is 980 g/mol. The summed E-state index contributed by atoms with van der Waals surface area (Å²) >= 11 is 18.2. The number of carbonyl (C=O) groups excluding carboxylic acids is 4. The van der Waals surface area contributed by atoms with Crippen LogP contribution in [0.5, 0.6) is 11.5 Å². The minimum absolute atomic E-state index is 0.0401. The molecule has 67 heavy (non-hydrogen) atoms. The van der Waals surface area contributed by atoms with E-state index in [1.54, 1.807) is 0 Å². The molecular formula is C48H52Cl3FN6O9. The van der Waals surface area contributed by atoms with Crippen LogP contribution in [-0.2, 0) is 32.2 Å². The summed E-state index contributed by atoms with van der Waals surface area (Å²) in [6.45, 7) is 2.44. The van der Waals surface area contributed by atoms with Crippen LogP contribution in [0.15, 0.2) is 78.9 Å². The first-order chi connectivity index (χ1) is 32.1. The normalized spacial score (nSPS) is 21.9. The second-order valence-electron chi connectivity index (χ2n) is 17.3. The van der Waals surface area contributed by atoms with Crippen molar-refractivity contribution in [3.8, 4) is 11.5 Å². The number of amides is 3. The third-order valence-electron chi connectivity index (χ3n) is 12.7. The number of rotatable bonds is 15. The van der Waals surface area contributed by atoms with Gasteiger partial charge in [0.2, 0.25) is 5.91 Å². The Bertz CT molecular complexity index is 2420. The molecule has 4 heterocycles. The highest BCUT2D eigenvalue weighted by molar-refractivity contribution is 6.34. The summed E-state index contributed by atoms with van der Waals surface area (Å²) < 4.78 is 29.0. The Balaban J connectivity index is 0.000000201. The number of fused-ring (bicyclic) bond motifs is 4. The van der Waals surface area contributed by atoms with Crippen molar-refractivity contribution < 1.29 is 42.7 Å². The molecule has 0 saturated carbocycles. The second-order valence-corrected chi connectivity index (χ2v) is 18.6. The number of esters is 1. The van der Waals surface area contributed by atoms with E-state index < -0.39 is 22.4 Å². The SMILES string of the molecule is COC(=O)c1cc(Cl)c(NC(C)=O)cc1OCC(=O)N[C@H]1C[C@H]2CC[C@@H](C1)N2Cc1ccc(Cl)cc1.O=C(COc1ccc(F)cc1[N+](=O)[O-])N[C@H]1C[C@H]2CC[C@@H](C1)N2Cc1ccc(Cl)cc1. The summed E-state index contributed by atoms with van der Waals surface area (Å²) in [6, 6.07) is 23.3. The van der Waals surface area contributed by atoms with Crippen molar-refractivity contribution in [3.05, 3.63) is 127 Å². The molecule has 3 N–H and O–H groups in total. The number of nitrogens with zero attached hydrogens (tertiary/aromatic N) is 3. The molecule has 4 aliphatic heterocycles. The number of hydrogen-bond donors (Lipinski definition) is 3. The molecular weight excluding hydrogens is 930 g/mol. The highest BCUT2D eigenvalue weighted by atomic mass is 35.5. The van der Waals surface area contributed by atoms with Gasteiger partial charge in [-0.05, 0) is 105 Å². The fraction of sp³-hybridized carbons (Fsp3) is 0.417. The number of nitro groups is 1. The fourth-order valence-electron chi connectivity index (χ4n) is 9.71. The van der Waals surface area contributed by atoms with Crippen LogP contribution >= 0.6 is 34.8 Å². The molecule has 356 valence electrons. The molecule has 3 amide bonds. The van der Waals surface area contributed by atoms with Gasteiger partial charge in [0.25, 0.3) is 11.8 Å². The Hall–Kier alpha value is -5.52. The van der Waals surface area contributed by atoms with Crippen LogP contribution < -0.4 is 25.4 Å². The Morgan fingerprint density at radius 3 is 1.60 bits per heavy atom. The molecule has 19 heteroatoms. The van der Waals surface area contributed by atoms with Gasteiger partial charge < -0.3 is 30.2 Å². The standard InChI is InChI=1S/C26H29Cl2N3O5.C22H23ClFN3O4/c1-15(32)29-23-12-24(21(11-22(23)28)26(34)35-2)36-14-25(33)30-18-9-19-7-8-20(10-18)31(19)13-16-3-5-17(27)6-4-16;23-15-3-1-14(2-4-15)12-26-18-6-7-19(26)11-17(10-18)25-22(28)13-31-21-8-5-16(24)9-20(21)27(29)30/h3-6,11-12,18-20H,7-10,13-14H2,1-2H3,(H,29,32)(H,30,33);1-5,8-9,17-19H,6-7,10-13H2,(H,25,28)/t18-,19+,20-;17-,18+,19-. The maximum atomic E-state index is 13.2. The Morgan fingerprint density at radius 2 is 1.16 bits per heavy atom. The lowest BCUT2D eigenvalue weighted by molar-refractivity contribution is -0.386. The van der Waals surface area contributed by atoms with E-state index in [9.17, 15) is 33.7 Å². The average molecular weight is 982 g/mol. The molecule has 4 fully saturated rings. The molecule has 15 nitrogen and oxygen atoms in total. The van der Waals surface area contributed by atoms with E-state index in [4.69, 9.17) is 49.0 Å². The van der Waals surface area contributed by atoms with E-state index in [-0.39, 0.29) is 70.8 Å². The van der Waals surface area contributed by atoms with Crippen molar-refractivity contribution in [2.45, 2.75) is 108 Å². The zero-order valence-corrected chi connectivity index (χ0v) is 39.3. The van der Waals surface area contributed by atoms with Crippen LogP contribution in [0.2, 0.25) is 15.1 Å². The van der Waals surface area contributed by atoms with Gasteiger partial charge in [-0.2, -0.15) is 0 Å². The molecule has 4 aliphatic rings. The molecule has 0 aromatic heterocycles. The maximum absolute atomic E-state index is 13.2. The van der Waals surface area contributed by atoms with Crippen molar-refractivity contribution >= 4 is 69.9 Å². The number of hydrogen-bond acceptors (Lipinski definition) is 11. The third-order valence-corrected chi connectivity index (χ3v) is 13.5. The first-order valence-electron chi connectivity index (χ1n) is 22.1. The summed E-state index contributed by atoms with van der Waals surface area (Å²) in [6.07, 6.45) is 7.87. The number of benzene rings is 4.